The van der Waals surface area contributed by atoms with Crippen LogP contribution in [0.25, 0.3) is 0 Å². The van der Waals surface area contributed by atoms with Crippen molar-refractivity contribution in [2.75, 3.05) is 0 Å². The maximum absolute atomic E-state index is 9.77. The molecular weight excluding hydrogens is 459 g/mol. The lowest BCUT2D eigenvalue weighted by Gasteiger charge is -2.26. The lowest BCUT2D eigenvalue weighted by Crippen LogP contribution is -2.21. The first-order chi connectivity index (χ1) is 14.9. The molecule has 0 fully saturated rings. The molecule has 1 aliphatic heterocycles. The van der Waals surface area contributed by atoms with Crippen molar-refractivity contribution in [3.05, 3.63) is 97.8 Å². The summed E-state index contributed by atoms with van der Waals surface area (Å²) in [5, 5.41) is 20.8. The van der Waals surface area contributed by atoms with Crippen LogP contribution < -0.4 is 15.2 Å². The van der Waals surface area contributed by atoms with Crippen molar-refractivity contribution >= 4 is 34.8 Å². The molecule has 0 saturated carbocycles. The summed E-state index contributed by atoms with van der Waals surface area (Å²) in [6, 6.07) is 17.2. The number of hydrogen-bond acceptors (Lipinski definition) is 5. The van der Waals surface area contributed by atoms with Gasteiger partial charge in [0.1, 0.15) is 35.5 Å². The normalized spacial score (nSPS) is 15.1. The number of benzene rings is 3. The predicted octanol–water partition coefficient (Wildman–Crippen LogP) is 6.15. The van der Waals surface area contributed by atoms with Crippen LogP contribution in [0.15, 0.2) is 66.1 Å². The standard InChI is InChI=1S/C23H15Cl3N2O3/c24-14-3-1-13(18(25)8-14)11-30-20-6-2-12(7-19(20)26)22-16-5-4-15(29)9-21(16)31-23(28)17(22)10-27/h1-9,22,29H,11,28H2/t22-/m1/s1. The highest BCUT2D eigenvalue weighted by Crippen LogP contribution is 2.44. The lowest BCUT2D eigenvalue weighted by atomic mass is 9.83. The molecule has 0 bridgehead atoms. The number of hydrogen-bond donors (Lipinski definition) is 2. The van der Waals surface area contributed by atoms with Crippen molar-refractivity contribution in [2.45, 2.75) is 12.5 Å². The highest BCUT2D eigenvalue weighted by atomic mass is 35.5. The predicted molar refractivity (Wildman–Crippen MR) is 120 cm³/mol. The first-order valence-electron chi connectivity index (χ1n) is 9.14. The van der Waals surface area contributed by atoms with Crippen molar-refractivity contribution in [3.63, 3.8) is 0 Å². The van der Waals surface area contributed by atoms with E-state index in [4.69, 9.17) is 50.0 Å². The number of phenolic OH excluding ortho intramolecular Hbond substituents is 1. The van der Waals surface area contributed by atoms with Gasteiger partial charge >= 0.3 is 0 Å². The largest absolute Gasteiger partial charge is 0.508 e. The molecular formula is C23H15Cl3N2O3. The van der Waals surface area contributed by atoms with Gasteiger partial charge in [0.25, 0.3) is 0 Å². The summed E-state index contributed by atoms with van der Waals surface area (Å²) < 4.78 is 11.4. The smallest absolute Gasteiger partial charge is 0.205 e. The summed E-state index contributed by atoms with van der Waals surface area (Å²) >= 11 is 18.6. The van der Waals surface area contributed by atoms with Crippen molar-refractivity contribution in [1.82, 2.24) is 0 Å². The van der Waals surface area contributed by atoms with E-state index in [0.717, 1.165) is 11.1 Å². The van der Waals surface area contributed by atoms with Crippen LogP contribution in [0, 0.1) is 11.3 Å². The Morgan fingerprint density at radius 3 is 2.55 bits per heavy atom. The fourth-order valence-electron chi connectivity index (χ4n) is 3.39. The number of fused-ring (bicyclic) bond motifs is 1. The van der Waals surface area contributed by atoms with Gasteiger partial charge in [-0.3, -0.25) is 0 Å². The molecule has 0 amide bonds. The maximum atomic E-state index is 9.77. The van der Waals surface area contributed by atoms with Crippen LogP contribution in [0.3, 0.4) is 0 Å². The van der Waals surface area contributed by atoms with Gasteiger partial charge in [0.05, 0.1) is 10.9 Å². The zero-order valence-corrected chi connectivity index (χ0v) is 18.2. The Kier molecular flexibility index (Phi) is 5.88. The summed E-state index contributed by atoms with van der Waals surface area (Å²) in [5.74, 6) is 0.375. The number of nitrogens with zero attached hydrogens (tertiary/aromatic N) is 1. The van der Waals surface area contributed by atoms with E-state index in [0.29, 0.717) is 32.1 Å². The molecule has 3 N–H and O–H groups in total. The van der Waals surface area contributed by atoms with Crippen molar-refractivity contribution in [1.29, 1.82) is 5.26 Å². The number of nitriles is 1. The quantitative estimate of drug-likeness (QED) is 0.474. The van der Waals surface area contributed by atoms with Crippen LogP contribution in [-0.4, -0.2) is 5.11 Å². The molecule has 0 spiro atoms. The molecule has 0 saturated heterocycles. The van der Waals surface area contributed by atoms with E-state index >= 15 is 0 Å². The third-order valence-electron chi connectivity index (χ3n) is 4.89. The van der Waals surface area contributed by atoms with Crippen LogP contribution in [0.4, 0.5) is 0 Å². The fourth-order valence-corrected chi connectivity index (χ4v) is 4.10. The van der Waals surface area contributed by atoms with Gasteiger partial charge in [-0.2, -0.15) is 5.26 Å². The first kappa shape index (κ1) is 21.2. The summed E-state index contributed by atoms with van der Waals surface area (Å²) in [5.41, 5.74) is 8.42. The second-order valence-electron chi connectivity index (χ2n) is 6.86. The van der Waals surface area contributed by atoms with Gasteiger partial charge in [0.2, 0.25) is 5.88 Å². The molecule has 8 heteroatoms. The highest BCUT2D eigenvalue weighted by molar-refractivity contribution is 6.35. The van der Waals surface area contributed by atoms with E-state index in [1.165, 1.54) is 12.1 Å². The molecule has 3 aromatic carbocycles. The first-order valence-corrected chi connectivity index (χ1v) is 10.3. The molecule has 1 heterocycles. The van der Waals surface area contributed by atoms with Gasteiger partial charge < -0.3 is 20.3 Å². The topological polar surface area (TPSA) is 88.5 Å². The van der Waals surface area contributed by atoms with E-state index in [1.54, 1.807) is 36.4 Å². The molecule has 0 aromatic heterocycles. The second-order valence-corrected chi connectivity index (χ2v) is 8.11. The average Bonchev–Trinajstić information content (AvgIpc) is 2.72. The Labute approximate surface area is 193 Å². The molecule has 4 rings (SSSR count). The van der Waals surface area contributed by atoms with Gasteiger partial charge in [0.15, 0.2) is 0 Å². The molecule has 3 aromatic rings. The number of rotatable bonds is 4. The Morgan fingerprint density at radius 2 is 1.84 bits per heavy atom. The van der Waals surface area contributed by atoms with Gasteiger partial charge in [-0.1, -0.05) is 53.0 Å². The zero-order chi connectivity index (χ0) is 22.1. The van der Waals surface area contributed by atoms with E-state index in [9.17, 15) is 10.4 Å². The lowest BCUT2D eigenvalue weighted by molar-refractivity contribution is 0.306. The summed E-state index contributed by atoms with van der Waals surface area (Å²) in [7, 11) is 0. The average molecular weight is 474 g/mol. The van der Waals surface area contributed by atoms with Crippen LogP contribution in [0.5, 0.6) is 17.2 Å². The number of aromatic hydroxyl groups is 1. The van der Waals surface area contributed by atoms with Crippen LogP contribution in [-0.2, 0) is 6.61 Å². The molecule has 1 atom stereocenters. The van der Waals surface area contributed by atoms with Crippen molar-refractivity contribution < 1.29 is 14.6 Å². The molecule has 156 valence electrons. The molecule has 5 nitrogen and oxygen atoms in total. The van der Waals surface area contributed by atoms with E-state index in [1.807, 2.05) is 6.07 Å². The number of phenols is 1. The van der Waals surface area contributed by atoms with Crippen LogP contribution in [0.1, 0.15) is 22.6 Å². The van der Waals surface area contributed by atoms with E-state index < -0.39 is 5.92 Å². The molecule has 1 aliphatic rings. The Morgan fingerprint density at radius 1 is 1.03 bits per heavy atom. The van der Waals surface area contributed by atoms with Gasteiger partial charge in [-0.05, 0) is 35.9 Å². The number of nitrogens with two attached hydrogens (primary N) is 1. The maximum Gasteiger partial charge on any atom is 0.205 e. The monoisotopic (exact) mass is 472 g/mol. The van der Waals surface area contributed by atoms with E-state index in [2.05, 4.69) is 6.07 Å². The minimum Gasteiger partial charge on any atom is -0.508 e. The van der Waals surface area contributed by atoms with E-state index in [-0.39, 0.29) is 23.8 Å². The van der Waals surface area contributed by atoms with Gasteiger partial charge in [0, 0.05) is 27.2 Å². The molecule has 0 aliphatic carbocycles. The Balaban J connectivity index is 1.65. The Bertz CT molecular complexity index is 1250. The summed E-state index contributed by atoms with van der Waals surface area (Å²) in [4.78, 5) is 0. The van der Waals surface area contributed by atoms with Crippen molar-refractivity contribution in [2.24, 2.45) is 5.73 Å². The highest BCUT2D eigenvalue weighted by Gasteiger charge is 2.31. The summed E-state index contributed by atoms with van der Waals surface area (Å²) in [6.07, 6.45) is 0. The minimum absolute atomic E-state index is 0.0144. The second kappa shape index (κ2) is 8.60. The minimum atomic E-state index is -0.494. The van der Waals surface area contributed by atoms with Gasteiger partial charge in [-0.25, -0.2) is 0 Å². The molecule has 0 unspecified atom stereocenters. The zero-order valence-electron chi connectivity index (χ0n) is 15.9. The van der Waals surface area contributed by atoms with Crippen LogP contribution >= 0.6 is 34.8 Å². The number of allylic oxidation sites excluding steroid dienone is 1. The third-order valence-corrected chi connectivity index (χ3v) is 5.77. The third kappa shape index (κ3) is 4.24. The SMILES string of the molecule is N#CC1=C(N)Oc2cc(O)ccc2[C@H]1c1ccc(OCc2ccc(Cl)cc2Cl)c(Cl)c1. The molecule has 0 radical (unpaired) electrons. The number of ether oxygens (including phenoxy) is 2. The van der Waals surface area contributed by atoms with Crippen LogP contribution in [0.2, 0.25) is 15.1 Å². The molecule has 31 heavy (non-hydrogen) atoms. The number of halogens is 3. The Hall–Kier alpha value is -3.04. The fraction of sp³-hybridized carbons (Fsp3) is 0.0870. The van der Waals surface area contributed by atoms with Crippen molar-refractivity contribution in [3.8, 4) is 23.3 Å². The van der Waals surface area contributed by atoms with Gasteiger partial charge in [-0.15, -0.1) is 0 Å². The summed E-state index contributed by atoms with van der Waals surface area (Å²) in [6.45, 7) is 0.213.